The number of rotatable bonds is 6. The number of nitrogens with zero attached hydrogens (tertiary/aromatic N) is 2. The first kappa shape index (κ1) is 21.4. The van der Waals surface area contributed by atoms with Gasteiger partial charge in [0.05, 0.1) is 0 Å². The van der Waals surface area contributed by atoms with E-state index < -0.39 is 6.09 Å². The summed E-state index contributed by atoms with van der Waals surface area (Å²) >= 11 is 0. The molecular formula is C25H34N2O2. The van der Waals surface area contributed by atoms with Gasteiger partial charge in [0.1, 0.15) is 0 Å². The monoisotopic (exact) mass is 394 g/mol. The summed E-state index contributed by atoms with van der Waals surface area (Å²) in [6, 6.07) is 21.9. The van der Waals surface area contributed by atoms with Crippen LogP contribution in [0.25, 0.3) is 0 Å². The van der Waals surface area contributed by atoms with Crippen LogP contribution >= 0.6 is 0 Å². The highest BCUT2D eigenvalue weighted by Gasteiger charge is 2.36. The van der Waals surface area contributed by atoms with E-state index in [1.807, 2.05) is 20.8 Å². The lowest BCUT2D eigenvalue weighted by atomic mass is 9.87. The Bertz CT molecular complexity index is 721. The topological polar surface area (TPSA) is 43.8 Å². The minimum Gasteiger partial charge on any atom is -0.465 e. The summed E-state index contributed by atoms with van der Waals surface area (Å²) in [7, 11) is 0. The van der Waals surface area contributed by atoms with Crippen LogP contribution in [0.15, 0.2) is 60.7 Å². The highest BCUT2D eigenvalue weighted by atomic mass is 16.4. The quantitative estimate of drug-likeness (QED) is 0.675. The Labute approximate surface area is 175 Å². The molecule has 0 unspecified atom stereocenters. The number of amides is 1. The van der Waals surface area contributed by atoms with Crippen LogP contribution in [0.5, 0.6) is 0 Å². The van der Waals surface area contributed by atoms with Crippen LogP contribution in [0, 0.1) is 0 Å². The van der Waals surface area contributed by atoms with Gasteiger partial charge in [0.25, 0.3) is 0 Å². The van der Waals surface area contributed by atoms with E-state index in [1.54, 1.807) is 4.90 Å². The van der Waals surface area contributed by atoms with Crippen LogP contribution in [0.1, 0.15) is 57.6 Å². The van der Waals surface area contributed by atoms with Gasteiger partial charge in [0, 0.05) is 30.7 Å². The fourth-order valence-electron chi connectivity index (χ4n) is 4.62. The van der Waals surface area contributed by atoms with Crippen molar-refractivity contribution in [3.05, 3.63) is 71.8 Å². The van der Waals surface area contributed by atoms with Crippen molar-refractivity contribution in [1.82, 2.24) is 9.80 Å². The fraction of sp³-hybridized carbons (Fsp3) is 0.480. The summed E-state index contributed by atoms with van der Waals surface area (Å²) in [6.45, 7) is 7.82. The van der Waals surface area contributed by atoms with Gasteiger partial charge in [-0.2, -0.15) is 0 Å². The maximum absolute atomic E-state index is 11.9. The molecule has 1 fully saturated rings. The number of hydrogen-bond donors (Lipinski definition) is 1. The molecule has 1 amide bonds. The van der Waals surface area contributed by atoms with Crippen molar-refractivity contribution in [1.29, 1.82) is 0 Å². The first-order chi connectivity index (χ1) is 13.8. The maximum atomic E-state index is 11.9. The highest BCUT2D eigenvalue weighted by molar-refractivity contribution is 5.66. The van der Waals surface area contributed by atoms with E-state index in [0.717, 1.165) is 38.8 Å². The molecule has 4 nitrogen and oxygen atoms in total. The predicted molar refractivity (Wildman–Crippen MR) is 118 cm³/mol. The molecule has 2 aromatic rings. The van der Waals surface area contributed by atoms with Gasteiger partial charge in [-0.3, -0.25) is 4.90 Å². The molecule has 1 N–H and O–H groups in total. The lowest BCUT2D eigenvalue weighted by Gasteiger charge is -2.44. The van der Waals surface area contributed by atoms with Crippen LogP contribution in [0.3, 0.4) is 0 Å². The van der Waals surface area contributed by atoms with E-state index in [2.05, 4.69) is 65.6 Å². The largest absolute Gasteiger partial charge is 0.465 e. The Kier molecular flexibility index (Phi) is 6.96. The van der Waals surface area contributed by atoms with Crippen molar-refractivity contribution < 1.29 is 9.90 Å². The summed E-state index contributed by atoms with van der Waals surface area (Å²) in [4.78, 5) is 16.1. The number of benzene rings is 2. The minimum absolute atomic E-state index is 0.110. The lowest BCUT2D eigenvalue weighted by Crippen LogP contribution is -2.53. The fourth-order valence-corrected chi connectivity index (χ4v) is 4.62. The van der Waals surface area contributed by atoms with Gasteiger partial charge in [-0.1, -0.05) is 60.7 Å². The number of hydrogen-bond acceptors (Lipinski definition) is 2. The molecule has 0 spiro atoms. The predicted octanol–water partition coefficient (Wildman–Crippen LogP) is 5.78. The zero-order chi connectivity index (χ0) is 20.9. The lowest BCUT2D eigenvalue weighted by molar-refractivity contribution is 0.0378. The van der Waals surface area contributed by atoms with Gasteiger partial charge >= 0.3 is 6.09 Å². The van der Waals surface area contributed by atoms with E-state index in [9.17, 15) is 9.90 Å². The van der Waals surface area contributed by atoms with E-state index in [1.165, 1.54) is 11.1 Å². The first-order valence-electron chi connectivity index (χ1n) is 10.7. The van der Waals surface area contributed by atoms with Gasteiger partial charge in [0.15, 0.2) is 0 Å². The molecule has 0 bridgehead atoms. The molecule has 156 valence electrons. The second-order valence-corrected chi connectivity index (χ2v) is 9.16. The smallest absolute Gasteiger partial charge is 0.407 e. The van der Waals surface area contributed by atoms with Crippen LogP contribution in [-0.2, 0) is 13.1 Å². The second kappa shape index (κ2) is 9.45. The van der Waals surface area contributed by atoms with Crippen molar-refractivity contribution in [3.8, 4) is 0 Å². The summed E-state index contributed by atoms with van der Waals surface area (Å²) in [5.41, 5.74) is 2.29. The molecule has 1 aliphatic rings. The van der Waals surface area contributed by atoms with Crippen LogP contribution in [0.4, 0.5) is 4.79 Å². The van der Waals surface area contributed by atoms with Crippen molar-refractivity contribution in [3.63, 3.8) is 0 Å². The third kappa shape index (κ3) is 5.83. The highest BCUT2D eigenvalue weighted by Crippen LogP contribution is 2.32. The zero-order valence-corrected chi connectivity index (χ0v) is 17.9. The van der Waals surface area contributed by atoms with Gasteiger partial charge in [-0.15, -0.1) is 0 Å². The van der Waals surface area contributed by atoms with Gasteiger partial charge in [-0.25, -0.2) is 4.79 Å². The zero-order valence-electron chi connectivity index (χ0n) is 17.9. The van der Waals surface area contributed by atoms with E-state index in [4.69, 9.17) is 0 Å². The van der Waals surface area contributed by atoms with Gasteiger partial charge in [-0.05, 0) is 57.6 Å². The summed E-state index contributed by atoms with van der Waals surface area (Å²) < 4.78 is 0. The van der Waals surface area contributed by atoms with Crippen LogP contribution in [0.2, 0.25) is 0 Å². The molecule has 1 aliphatic carbocycles. The summed E-state index contributed by atoms with van der Waals surface area (Å²) in [5.74, 6) is 0. The average Bonchev–Trinajstić information content (AvgIpc) is 2.68. The molecule has 0 aromatic heterocycles. The average molecular weight is 395 g/mol. The Hall–Kier alpha value is -2.33. The van der Waals surface area contributed by atoms with E-state index >= 15 is 0 Å². The molecule has 2 aromatic carbocycles. The number of carboxylic acid groups (broad SMARTS) is 1. The second-order valence-electron chi connectivity index (χ2n) is 9.16. The van der Waals surface area contributed by atoms with Gasteiger partial charge in [0.2, 0.25) is 0 Å². The minimum atomic E-state index is -0.800. The van der Waals surface area contributed by atoms with Gasteiger partial charge < -0.3 is 10.0 Å². The van der Waals surface area contributed by atoms with E-state index in [0.29, 0.717) is 6.04 Å². The molecule has 1 saturated carbocycles. The third-order valence-corrected chi connectivity index (χ3v) is 5.93. The first-order valence-corrected chi connectivity index (χ1v) is 10.7. The molecule has 0 aliphatic heterocycles. The molecule has 0 saturated heterocycles. The molecule has 0 heterocycles. The molecule has 0 atom stereocenters. The molecular weight excluding hydrogens is 360 g/mol. The third-order valence-electron chi connectivity index (χ3n) is 5.93. The van der Waals surface area contributed by atoms with E-state index in [-0.39, 0.29) is 11.6 Å². The Morgan fingerprint density at radius 3 is 1.62 bits per heavy atom. The molecule has 0 radical (unpaired) electrons. The summed E-state index contributed by atoms with van der Waals surface area (Å²) in [6.07, 6.45) is 3.11. The Morgan fingerprint density at radius 2 is 1.24 bits per heavy atom. The molecule has 29 heavy (non-hydrogen) atoms. The maximum Gasteiger partial charge on any atom is 0.407 e. The standard InChI is InChI=1S/C25H34N2O2/c1-25(2,3)27(24(28)29)23-16-14-22(15-17-23)26(18-20-10-6-4-7-11-20)19-21-12-8-5-9-13-21/h4-13,22-23H,14-19H2,1-3H3,(H,28,29)/t22-,23-. The molecule has 3 rings (SSSR count). The normalized spacial score (nSPS) is 19.9. The SMILES string of the molecule is CC(C)(C)N(C(=O)O)[C@H]1CC[C@H](N(Cc2ccccc2)Cc2ccccc2)CC1. The Morgan fingerprint density at radius 1 is 0.828 bits per heavy atom. The number of carbonyl (C=O) groups is 1. The van der Waals surface area contributed by atoms with Crippen molar-refractivity contribution in [2.45, 2.75) is 77.2 Å². The van der Waals surface area contributed by atoms with Crippen LogP contribution < -0.4 is 0 Å². The Balaban J connectivity index is 1.71. The molecule has 4 heteroatoms. The van der Waals surface area contributed by atoms with Crippen LogP contribution in [-0.4, -0.2) is 38.6 Å². The van der Waals surface area contributed by atoms with Crippen molar-refractivity contribution >= 4 is 6.09 Å². The van der Waals surface area contributed by atoms with Crippen molar-refractivity contribution in [2.24, 2.45) is 0 Å². The summed E-state index contributed by atoms with van der Waals surface area (Å²) in [5, 5.41) is 9.74. The van der Waals surface area contributed by atoms with Crippen molar-refractivity contribution in [2.75, 3.05) is 0 Å².